The van der Waals surface area contributed by atoms with Crippen LogP contribution in [0.4, 0.5) is 10.2 Å². The zero-order valence-electron chi connectivity index (χ0n) is 9.65. The molecule has 2 rings (SSSR count). The van der Waals surface area contributed by atoms with E-state index < -0.39 is 5.82 Å². The monoisotopic (exact) mass is 283 g/mol. The highest BCUT2D eigenvalue weighted by Gasteiger charge is 2.04. The summed E-state index contributed by atoms with van der Waals surface area (Å²) < 4.78 is 13.2. The third-order valence-corrected chi connectivity index (χ3v) is 3.43. The number of nitrogens with zero attached hydrogens (tertiary/aromatic N) is 2. The molecule has 0 saturated heterocycles. The Bertz CT molecular complexity index is 557. The molecule has 0 radical (unpaired) electrons. The third-order valence-electron chi connectivity index (χ3n) is 2.21. The van der Waals surface area contributed by atoms with E-state index in [1.165, 1.54) is 23.9 Å². The molecule has 18 heavy (non-hydrogen) atoms. The highest BCUT2D eigenvalue weighted by molar-refractivity contribution is 7.98. The van der Waals surface area contributed by atoms with Crippen LogP contribution in [0.15, 0.2) is 29.4 Å². The number of aryl methyl sites for hydroxylation is 1. The number of benzene rings is 1. The molecule has 0 spiro atoms. The van der Waals surface area contributed by atoms with E-state index in [0.717, 1.165) is 11.3 Å². The van der Waals surface area contributed by atoms with Crippen LogP contribution in [-0.2, 0) is 5.75 Å². The molecule has 1 aromatic carbocycles. The van der Waals surface area contributed by atoms with Gasteiger partial charge in [-0.1, -0.05) is 29.4 Å². The molecule has 0 aliphatic carbocycles. The maximum Gasteiger partial charge on any atom is 0.190 e. The predicted molar refractivity (Wildman–Crippen MR) is 72.2 cm³/mol. The number of anilines is 1. The van der Waals surface area contributed by atoms with Gasteiger partial charge in [-0.05, 0) is 24.6 Å². The lowest BCUT2D eigenvalue weighted by atomic mass is 10.2. The fraction of sp³-hybridized carbons (Fsp3) is 0.167. The number of halogens is 2. The van der Waals surface area contributed by atoms with Crippen LogP contribution in [0.2, 0.25) is 5.02 Å². The van der Waals surface area contributed by atoms with Gasteiger partial charge in [-0.3, -0.25) is 0 Å². The third kappa shape index (κ3) is 3.34. The summed E-state index contributed by atoms with van der Waals surface area (Å²) in [7, 11) is 0. The highest BCUT2D eigenvalue weighted by atomic mass is 35.5. The number of aromatic nitrogens is 2. The summed E-state index contributed by atoms with van der Waals surface area (Å²) in [5.74, 6) is 0.587. The van der Waals surface area contributed by atoms with Crippen molar-refractivity contribution in [2.75, 3.05) is 5.73 Å². The molecule has 0 saturated carbocycles. The summed E-state index contributed by atoms with van der Waals surface area (Å²) in [5, 5.41) is 0.711. The van der Waals surface area contributed by atoms with E-state index in [2.05, 4.69) is 9.97 Å². The lowest BCUT2D eigenvalue weighted by molar-refractivity contribution is 0.627. The Morgan fingerprint density at radius 1 is 1.33 bits per heavy atom. The van der Waals surface area contributed by atoms with Gasteiger partial charge >= 0.3 is 0 Å². The van der Waals surface area contributed by atoms with Crippen LogP contribution < -0.4 is 5.73 Å². The zero-order chi connectivity index (χ0) is 13.1. The quantitative estimate of drug-likeness (QED) is 0.692. The van der Waals surface area contributed by atoms with Gasteiger partial charge in [0.1, 0.15) is 11.6 Å². The van der Waals surface area contributed by atoms with Crippen molar-refractivity contribution in [2.45, 2.75) is 17.8 Å². The van der Waals surface area contributed by atoms with Crippen molar-refractivity contribution in [3.05, 3.63) is 46.4 Å². The van der Waals surface area contributed by atoms with Crippen LogP contribution in [-0.4, -0.2) is 9.97 Å². The van der Waals surface area contributed by atoms with Crippen LogP contribution in [0.25, 0.3) is 0 Å². The van der Waals surface area contributed by atoms with Crippen LogP contribution in [0, 0.1) is 12.7 Å². The first kappa shape index (κ1) is 13.1. The average molecular weight is 284 g/mol. The molecule has 0 amide bonds. The molecule has 3 nitrogen and oxygen atoms in total. The highest BCUT2D eigenvalue weighted by Crippen LogP contribution is 2.23. The second kappa shape index (κ2) is 5.54. The van der Waals surface area contributed by atoms with Crippen molar-refractivity contribution < 1.29 is 4.39 Å². The Morgan fingerprint density at radius 2 is 2.11 bits per heavy atom. The number of rotatable bonds is 3. The minimum Gasteiger partial charge on any atom is -0.384 e. The average Bonchev–Trinajstić information content (AvgIpc) is 2.29. The molecule has 0 unspecified atom stereocenters. The maximum absolute atomic E-state index is 13.2. The summed E-state index contributed by atoms with van der Waals surface area (Å²) in [4.78, 5) is 8.34. The summed E-state index contributed by atoms with van der Waals surface area (Å²) in [6.07, 6.45) is 0. The summed E-state index contributed by atoms with van der Waals surface area (Å²) >= 11 is 7.02. The second-order valence-electron chi connectivity index (χ2n) is 3.75. The minimum absolute atomic E-state index is 0.125. The van der Waals surface area contributed by atoms with E-state index in [4.69, 9.17) is 17.3 Å². The Labute approximate surface area is 114 Å². The maximum atomic E-state index is 13.2. The van der Waals surface area contributed by atoms with E-state index in [9.17, 15) is 4.39 Å². The summed E-state index contributed by atoms with van der Waals surface area (Å²) in [6, 6.07) is 6.43. The minimum atomic E-state index is -0.417. The van der Waals surface area contributed by atoms with Crippen molar-refractivity contribution in [3.63, 3.8) is 0 Å². The largest absolute Gasteiger partial charge is 0.384 e. The SMILES string of the molecule is Cc1cc(N)nc(SCc2ccc(Cl)c(F)c2)n1. The van der Waals surface area contributed by atoms with Gasteiger partial charge in [0.05, 0.1) is 5.02 Å². The Kier molecular flexibility index (Phi) is 4.04. The molecule has 0 fully saturated rings. The molecule has 0 aliphatic heterocycles. The van der Waals surface area contributed by atoms with E-state index in [-0.39, 0.29) is 5.02 Å². The number of hydrogen-bond acceptors (Lipinski definition) is 4. The van der Waals surface area contributed by atoms with E-state index in [1.54, 1.807) is 12.1 Å². The molecular formula is C12H11ClFN3S. The predicted octanol–water partition coefficient (Wildman–Crippen LogP) is 3.45. The van der Waals surface area contributed by atoms with Crippen molar-refractivity contribution in [2.24, 2.45) is 0 Å². The molecular weight excluding hydrogens is 273 g/mol. The van der Waals surface area contributed by atoms with Gasteiger partial charge in [-0.25, -0.2) is 14.4 Å². The molecule has 1 aromatic heterocycles. The van der Waals surface area contributed by atoms with Crippen LogP contribution >= 0.6 is 23.4 Å². The molecule has 0 aliphatic rings. The lowest BCUT2D eigenvalue weighted by Crippen LogP contribution is -1.96. The summed E-state index contributed by atoms with van der Waals surface area (Å²) in [6.45, 7) is 1.85. The van der Waals surface area contributed by atoms with Crippen molar-refractivity contribution >= 4 is 29.2 Å². The van der Waals surface area contributed by atoms with E-state index in [0.29, 0.717) is 16.7 Å². The summed E-state index contributed by atoms with van der Waals surface area (Å²) in [5.41, 5.74) is 7.27. The topological polar surface area (TPSA) is 51.8 Å². The van der Waals surface area contributed by atoms with Crippen LogP contribution in [0.3, 0.4) is 0 Å². The van der Waals surface area contributed by atoms with Crippen LogP contribution in [0.5, 0.6) is 0 Å². The number of hydrogen-bond donors (Lipinski definition) is 1. The fourth-order valence-electron chi connectivity index (χ4n) is 1.41. The van der Waals surface area contributed by atoms with Crippen molar-refractivity contribution in [1.82, 2.24) is 9.97 Å². The Morgan fingerprint density at radius 3 is 2.78 bits per heavy atom. The van der Waals surface area contributed by atoms with Gasteiger partial charge in [-0.2, -0.15) is 0 Å². The van der Waals surface area contributed by atoms with Crippen molar-refractivity contribution in [1.29, 1.82) is 0 Å². The van der Waals surface area contributed by atoms with Gasteiger partial charge < -0.3 is 5.73 Å². The first-order chi connectivity index (χ1) is 8.54. The lowest BCUT2D eigenvalue weighted by Gasteiger charge is -2.03. The van der Waals surface area contributed by atoms with Crippen molar-refractivity contribution in [3.8, 4) is 0 Å². The molecule has 2 N–H and O–H groups in total. The number of nitrogen functional groups attached to an aromatic ring is 1. The Hall–Kier alpha value is -1.33. The molecule has 0 bridgehead atoms. The number of nitrogens with two attached hydrogens (primary N) is 1. The number of thioether (sulfide) groups is 1. The normalized spacial score (nSPS) is 10.6. The Balaban J connectivity index is 2.08. The van der Waals surface area contributed by atoms with Crippen LogP contribution in [0.1, 0.15) is 11.3 Å². The van der Waals surface area contributed by atoms with Gasteiger partial charge in [0.2, 0.25) is 0 Å². The van der Waals surface area contributed by atoms with E-state index in [1.807, 2.05) is 6.92 Å². The molecule has 1 heterocycles. The molecule has 6 heteroatoms. The molecule has 2 aromatic rings. The standard InChI is InChI=1S/C12H11ClFN3S/c1-7-4-11(15)17-12(16-7)18-6-8-2-3-9(13)10(14)5-8/h2-5H,6H2,1H3,(H2,15,16,17). The first-order valence-corrected chi connectivity index (χ1v) is 6.59. The fourth-order valence-corrected chi connectivity index (χ4v) is 2.38. The zero-order valence-corrected chi connectivity index (χ0v) is 11.2. The smallest absolute Gasteiger partial charge is 0.190 e. The van der Waals surface area contributed by atoms with E-state index >= 15 is 0 Å². The van der Waals surface area contributed by atoms with Gasteiger partial charge in [0.15, 0.2) is 5.16 Å². The molecule has 0 atom stereocenters. The van der Waals surface area contributed by atoms with Gasteiger partial charge in [0, 0.05) is 17.5 Å². The first-order valence-electron chi connectivity index (χ1n) is 5.22. The molecule has 94 valence electrons. The second-order valence-corrected chi connectivity index (χ2v) is 5.10. The van der Waals surface area contributed by atoms with Gasteiger partial charge in [0.25, 0.3) is 0 Å². The van der Waals surface area contributed by atoms with Gasteiger partial charge in [-0.15, -0.1) is 0 Å².